The summed E-state index contributed by atoms with van der Waals surface area (Å²) in [6, 6.07) is 14.7. The van der Waals surface area contributed by atoms with Gasteiger partial charge < -0.3 is 9.15 Å². The molecular formula is C26H18O7S. The van der Waals surface area contributed by atoms with Gasteiger partial charge in [0.25, 0.3) is 0 Å². The highest BCUT2D eigenvalue weighted by Gasteiger charge is 2.35. The van der Waals surface area contributed by atoms with Gasteiger partial charge in [0.15, 0.2) is 5.78 Å². The second kappa shape index (κ2) is 7.78. The number of hydrogen-bond acceptors (Lipinski definition) is 7. The Hall–Kier alpha value is -4.04. The van der Waals surface area contributed by atoms with Crippen molar-refractivity contribution in [3.8, 4) is 0 Å². The molecule has 5 rings (SSSR count). The molecule has 0 radical (unpaired) electrons. The van der Waals surface area contributed by atoms with Crippen LogP contribution in [0.4, 0.5) is 0 Å². The zero-order valence-corrected chi connectivity index (χ0v) is 19.1. The van der Waals surface area contributed by atoms with Crippen molar-refractivity contribution < 1.29 is 27.2 Å². The molecule has 1 aliphatic rings. The Morgan fingerprint density at radius 1 is 0.882 bits per heavy atom. The molecule has 0 saturated carbocycles. The van der Waals surface area contributed by atoms with E-state index in [2.05, 4.69) is 0 Å². The summed E-state index contributed by atoms with van der Waals surface area (Å²) >= 11 is 0. The number of hydrogen-bond donors (Lipinski definition) is 0. The van der Waals surface area contributed by atoms with Crippen molar-refractivity contribution in [2.75, 3.05) is 0 Å². The summed E-state index contributed by atoms with van der Waals surface area (Å²) in [6.07, 6.45) is 0. The number of ketones is 1. The zero-order valence-electron chi connectivity index (χ0n) is 18.2. The van der Waals surface area contributed by atoms with Gasteiger partial charge in [-0.25, -0.2) is 18.0 Å². The normalized spacial score (nSPS) is 13.9. The van der Waals surface area contributed by atoms with E-state index in [1.165, 1.54) is 36.4 Å². The van der Waals surface area contributed by atoms with E-state index in [1.54, 1.807) is 12.1 Å². The highest BCUT2D eigenvalue weighted by atomic mass is 32.2. The molecule has 1 aromatic heterocycles. The SMILES string of the molecule is Cc1cc2oc(=O)cc(COC(=O)c3ccc4c(c3)S(=O)(=O)c3ccccc3C4=O)c2cc1C. The highest BCUT2D eigenvalue weighted by Crippen LogP contribution is 2.35. The Morgan fingerprint density at radius 2 is 1.59 bits per heavy atom. The fourth-order valence-electron chi connectivity index (χ4n) is 4.04. The molecule has 2 heterocycles. The number of fused-ring (bicyclic) bond motifs is 3. The quantitative estimate of drug-likeness (QED) is 0.286. The number of aryl methyl sites for hydroxylation is 2. The van der Waals surface area contributed by atoms with Crippen LogP contribution in [0.15, 0.2) is 79.7 Å². The molecule has 0 spiro atoms. The van der Waals surface area contributed by atoms with E-state index in [0.717, 1.165) is 17.2 Å². The Kier molecular flexibility index (Phi) is 4.98. The van der Waals surface area contributed by atoms with E-state index in [9.17, 15) is 22.8 Å². The summed E-state index contributed by atoms with van der Waals surface area (Å²) in [5.74, 6) is -1.21. The smallest absolute Gasteiger partial charge is 0.338 e. The Morgan fingerprint density at radius 3 is 2.38 bits per heavy atom. The van der Waals surface area contributed by atoms with E-state index < -0.39 is 27.2 Å². The van der Waals surface area contributed by atoms with Crippen LogP contribution in [0, 0.1) is 13.8 Å². The van der Waals surface area contributed by atoms with Gasteiger partial charge in [-0.2, -0.15) is 0 Å². The van der Waals surface area contributed by atoms with Crippen LogP contribution in [0.3, 0.4) is 0 Å². The zero-order chi connectivity index (χ0) is 24.2. The predicted octanol–water partition coefficient (Wildman–Crippen LogP) is 4.14. The summed E-state index contributed by atoms with van der Waals surface area (Å²) in [4.78, 5) is 37.2. The third kappa shape index (κ3) is 3.43. The van der Waals surface area contributed by atoms with Crippen LogP contribution >= 0.6 is 0 Å². The molecule has 7 nitrogen and oxygen atoms in total. The van der Waals surface area contributed by atoms with Crippen molar-refractivity contribution in [2.24, 2.45) is 0 Å². The molecule has 0 atom stereocenters. The molecule has 0 amide bonds. The molecule has 170 valence electrons. The monoisotopic (exact) mass is 474 g/mol. The van der Waals surface area contributed by atoms with Crippen LogP contribution in [0.5, 0.6) is 0 Å². The average molecular weight is 474 g/mol. The van der Waals surface area contributed by atoms with Crippen LogP contribution in [0.1, 0.15) is 43.0 Å². The van der Waals surface area contributed by atoms with Gasteiger partial charge in [-0.05, 0) is 67.4 Å². The maximum absolute atomic E-state index is 13.1. The number of carbonyl (C=O) groups is 2. The molecule has 0 N–H and O–H groups in total. The number of benzene rings is 3. The summed E-state index contributed by atoms with van der Waals surface area (Å²) < 4.78 is 36.8. The lowest BCUT2D eigenvalue weighted by Crippen LogP contribution is -2.21. The van der Waals surface area contributed by atoms with E-state index in [-0.39, 0.29) is 33.1 Å². The average Bonchev–Trinajstić information content (AvgIpc) is 2.82. The first-order chi connectivity index (χ1) is 16.2. The van der Waals surface area contributed by atoms with E-state index in [1.807, 2.05) is 19.9 Å². The van der Waals surface area contributed by atoms with Crippen LogP contribution < -0.4 is 5.63 Å². The minimum absolute atomic E-state index is 0.00718. The molecule has 34 heavy (non-hydrogen) atoms. The second-order valence-electron chi connectivity index (χ2n) is 8.14. The third-order valence-electron chi connectivity index (χ3n) is 5.98. The Labute approximate surface area is 194 Å². The minimum atomic E-state index is -3.98. The number of carbonyl (C=O) groups excluding carboxylic acids is 2. The molecule has 8 heteroatoms. The van der Waals surface area contributed by atoms with Gasteiger partial charge in [0.2, 0.25) is 9.84 Å². The van der Waals surface area contributed by atoms with Gasteiger partial charge in [-0.3, -0.25) is 4.79 Å². The van der Waals surface area contributed by atoms with Gasteiger partial charge in [0, 0.05) is 28.1 Å². The van der Waals surface area contributed by atoms with Crippen molar-refractivity contribution in [3.63, 3.8) is 0 Å². The van der Waals surface area contributed by atoms with Crippen LogP contribution in [-0.4, -0.2) is 20.2 Å². The summed E-state index contributed by atoms with van der Waals surface area (Å²) in [6.45, 7) is 3.60. The molecule has 0 unspecified atom stereocenters. The fourth-order valence-corrected chi connectivity index (χ4v) is 5.72. The number of rotatable bonds is 3. The van der Waals surface area contributed by atoms with Crippen molar-refractivity contribution in [2.45, 2.75) is 30.2 Å². The van der Waals surface area contributed by atoms with E-state index >= 15 is 0 Å². The van der Waals surface area contributed by atoms with E-state index in [4.69, 9.17) is 9.15 Å². The lowest BCUT2D eigenvalue weighted by molar-refractivity contribution is 0.0473. The number of sulfone groups is 1. The maximum atomic E-state index is 13.1. The lowest BCUT2D eigenvalue weighted by Gasteiger charge is -2.19. The number of esters is 1. The van der Waals surface area contributed by atoms with Gasteiger partial charge in [0.05, 0.1) is 15.4 Å². The van der Waals surface area contributed by atoms with Crippen molar-refractivity contribution in [1.82, 2.24) is 0 Å². The van der Waals surface area contributed by atoms with Crippen LogP contribution in [0.2, 0.25) is 0 Å². The van der Waals surface area contributed by atoms with Crippen molar-refractivity contribution in [3.05, 3.63) is 104 Å². The molecule has 0 saturated heterocycles. The molecule has 0 fully saturated rings. The second-order valence-corrected chi connectivity index (χ2v) is 10.0. The van der Waals surface area contributed by atoms with Crippen molar-refractivity contribution in [1.29, 1.82) is 0 Å². The summed E-state index contributed by atoms with van der Waals surface area (Å²) in [5.41, 5.74) is 2.32. The number of ether oxygens (including phenoxy) is 1. The predicted molar refractivity (Wildman–Crippen MR) is 123 cm³/mol. The topological polar surface area (TPSA) is 108 Å². The summed E-state index contributed by atoms with van der Waals surface area (Å²) in [7, 11) is -3.98. The first-order valence-corrected chi connectivity index (χ1v) is 11.9. The molecular weight excluding hydrogens is 456 g/mol. The lowest BCUT2D eigenvalue weighted by atomic mass is 10.0. The van der Waals surface area contributed by atoms with E-state index in [0.29, 0.717) is 16.5 Å². The van der Waals surface area contributed by atoms with Gasteiger partial charge in [-0.15, -0.1) is 0 Å². The molecule has 1 aliphatic heterocycles. The highest BCUT2D eigenvalue weighted by molar-refractivity contribution is 7.91. The maximum Gasteiger partial charge on any atom is 0.338 e. The molecule has 4 aromatic rings. The molecule has 0 aliphatic carbocycles. The standard InChI is InChI=1S/C26H18O7S/c1-14-9-20-17(12-24(27)33-21(20)10-15(14)2)13-32-26(29)16-7-8-19-23(11-16)34(30,31)22-6-4-3-5-18(22)25(19)28/h3-12H,13H2,1-2H3. The third-order valence-corrected chi connectivity index (χ3v) is 7.83. The largest absolute Gasteiger partial charge is 0.457 e. The van der Waals surface area contributed by atoms with Gasteiger partial charge in [0.1, 0.15) is 12.2 Å². The van der Waals surface area contributed by atoms with Crippen LogP contribution in [-0.2, 0) is 21.2 Å². The first kappa shape index (κ1) is 21.8. The Bertz CT molecular complexity index is 1690. The summed E-state index contributed by atoms with van der Waals surface area (Å²) in [5, 5.41) is 0.644. The minimum Gasteiger partial charge on any atom is -0.457 e. The van der Waals surface area contributed by atoms with Gasteiger partial charge >= 0.3 is 11.6 Å². The fraction of sp³-hybridized carbons (Fsp3) is 0.115. The van der Waals surface area contributed by atoms with Crippen LogP contribution in [0.25, 0.3) is 11.0 Å². The van der Waals surface area contributed by atoms with Crippen molar-refractivity contribution >= 4 is 32.6 Å². The molecule has 0 bridgehead atoms. The van der Waals surface area contributed by atoms with Gasteiger partial charge in [-0.1, -0.05) is 12.1 Å². The molecule has 3 aromatic carbocycles. The Balaban J connectivity index is 1.48. The first-order valence-electron chi connectivity index (χ1n) is 10.4.